The van der Waals surface area contributed by atoms with E-state index in [1.807, 2.05) is 6.20 Å². The highest BCUT2D eigenvalue weighted by Crippen LogP contribution is 2.68. The summed E-state index contributed by atoms with van der Waals surface area (Å²) < 4.78 is 13.1. The van der Waals surface area contributed by atoms with Gasteiger partial charge in [0.05, 0.1) is 28.7 Å². The van der Waals surface area contributed by atoms with E-state index in [9.17, 15) is 0 Å². The molecular weight excluding hydrogens is 939 g/mol. The van der Waals surface area contributed by atoms with Crippen molar-refractivity contribution in [3.63, 3.8) is 0 Å². The first-order valence-electron chi connectivity index (χ1n) is 27.5. The number of fused-ring (bicyclic) bond motifs is 6. The summed E-state index contributed by atoms with van der Waals surface area (Å²) in [5, 5.41) is 4.78. The first-order chi connectivity index (χ1) is 36.6. The zero-order valence-electron chi connectivity index (χ0n) is 46.8. The Morgan fingerprint density at radius 2 is 1.00 bits per heavy atom. The highest BCUT2D eigenvalue weighted by molar-refractivity contribution is 6.12. The van der Waals surface area contributed by atoms with Gasteiger partial charge in [-0.15, -0.1) is 0 Å². The molecule has 2 bridgehead atoms. The second-order valence-corrected chi connectivity index (χ2v) is 26.1. The van der Waals surface area contributed by atoms with Crippen LogP contribution < -0.4 is 13.7 Å². The molecule has 3 aliphatic rings. The van der Waals surface area contributed by atoms with Crippen molar-refractivity contribution in [2.45, 2.75) is 105 Å². The molecule has 0 spiro atoms. The number of hydrogen-bond acceptors (Lipinski definition) is 2. The van der Waals surface area contributed by atoms with Gasteiger partial charge in [0, 0.05) is 69.3 Å². The molecule has 384 valence electrons. The van der Waals surface area contributed by atoms with Gasteiger partial charge in [-0.25, -0.2) is 4.98 Å². The van der Waals surface area contributed by atoms with Crippen molar-refractivity contribution in [3.05, 3.63) is 217 Å². The summed E-state index contributed by atoms with van der Waals surface area (Å²) in [6.07, 6.45) is 1.96. The first-order valence-corrected chi connectivity index (χ1v) is 27.5. The van der Waals surface area contributed by atoms with Crippen molar-refractivity contribution in [1.82, 2.24) is 23.1 Å². The highest BCUT2D eigenvalue weighted by atomic mass is 16.5. The van der Waals surface area contributed by atoms with Gasteiger partial charge in [-0.1, -0.05) is 168 Å². The maximum atomic E-state index is 7.07. The lowest BCUT2D eigenvalue weighted by Gasteiger charge is -2.56. The molecule has 0 unspecified atom stereocenters. The van der Waals surface area contributed by atoms with E-state index in [-0.39, 0.29) is 21.7 Å². The number of hydrogen-bond donors (Lipinski definition) is 0. The third-order valence-electron chi connectivity index (χ3n) is 16.7. The van der Waals surface area contributed by atoms with E-state index in [1.54, 1.807) is 0 Å². The summed E-state index contributed by atoms with van der Waals surface area (Å²) in [5.41, 5.74) is 18.4. The van der Waals surface area contributed by atoms with Gasteiger partial charge in [0.2, 0.25) is 0 Å². The molecule has 0 aliphatic carbocycles. The van der Waals surface area contributed by atoms with Crippen LogP contribution in [0, 0.1) is 6.67 Å². The van der Waals surface area contributed by atoms with Gasteiger partial charge in [-0.3, -0.25) is 13.5 Å². The Morgan fingerprint density at radius 3 is 1.66 bits per heavy atom. The SMILES string of the molecule is CC(C)(C)c1cccc(-c2cccc3c2[N@@+]2(c4cc(C(C)(C)C)cc(C(C)(C)C)c4)[CH-][N@+]3(c3cccc(Oc4ccc5c6ccc(-n7c8ccccc8c8ccccc87)cc6n(-c6cc(C(C)(C)C)ccn6)c5c4)c3)C2)c1. The first kappa shape index (κ1) is 48.8. The van der Waals surface area contributed by atoms with Gasteiger partial charge >= 0.3 is 0 Å². The monoisotopic (exact) mass is 1010 g/mol. The molecule has 8 aromatic carbocycles. The molecule has 11 aromatic rings. The van der Waals surface area contributed by atoms with E-state index in [0.717, 1.165) is 51.5 Å². The van der Waals surface area contributed by atoms with Crippen molar-refractivity contribution in [2.24, 2.45) is 0 Å². The summed E-state index contributed by atoms with van der Waals surface area (Å²) >= 11 is 0. The summed E-state index contributed by atoms with van der Waals surface area (Å²) in [4.78, 5) is 5.10. The Bertz CT molecular complexity index is 4110. The van der Waals surface area contributed by atoms with Crippen molar-refractivity contribution < 1.29 is 4.74 Å². The largest absolute Gasteiger partial charge is 0.457 e. The lowest BCUT2D eigenvalue weighted by Crippen LogP contribution is -2.67. The Hall–Kier alpha value is -7.77. The number of pyridine rings is 1. The molecule has 2 atom stereocenters. The van der Waals surface area contributed by atoms with Gasteiger partial charge in [0.15, 0.2) is 18.0 Å². The molecule has 6 heterocycles. The van der Waals surface area contributed by atoms with Crippen LogP contribution in [-0.2, 0) is 21.7 Å². The third-order valence-corrected chi connectivity index (χ3v) is 16.7. The van der Waals surface area contributed by atoms with E-state index in [2.05, 4.69) is 281 Å². The standard InChI is InChI=1S/C71H70N5O/c1-68(2,3)47-21-17-20-46(36-47)56-26-19-29-65-67(56)76(53-38-49(70(7,8)9)37-50(39-53)71(10,11)12)44-75(65,45-76)52-22-18-23-54(42-52)77-55-31-33-60-59-32-30-51(73-61-27-15-13-24-57(61)58-25-14-16-28-62(58)73)41-63(59)74(64(60)43-55)66-40-48(34-35-72-66)69(4,5)6/h13-44H,45H2,1-12H3/q+1/t75-,76+/m1/s1. The lowest BCUT2D eigenvalue weighted by molar-refractivity contribution is 0.187. The predicted octanol–water partition coefficient (Wildman–Crippen LogP) is 19.3. The van der Waals surface area contributed by atoms with E-state index >= 15 is 0 Å². The van der Waals surface area contributed by atoms with Crippen molar-refractivity contribution in [3.8, 4) is 34.1 Å². The second kappa shape index (κ2) is 16.9. The number of ether oxygens (including phenoxy) is 1. The summed E-state index contributed by atoms with van der Waals surface area (Å²) in [6.45, 7) is 31.2. The van der Waals surface area contributed by atoms with Gasteiger partial charge in [0.25, 0.3) is 0 Å². The van der Waals surface area contributed by atoms with Crippen LogP contribution >= 0.6 is 0 Å². The van der Waals surface area contributed by atoms with E-state index in [4.69, 9.17) is 9.72 Å². The molecule has 3 aromatic heterocycles. The number of benzene rings is 8. The van der Waals surface area contributed by atoms with E-state index in [0.29, 0.717) is 8.97 Å². The third kappa shape index (κ3) is 7.77. The van der Waals surface area contributed by atoms with Crippen LogP contribution in [0.2, 0.25) is 0 Å². The molecule has 0 N–H and O–H groups in total. The van der Waals surface area contributed by atoms with E-state index in [1.165, 1.54) is 77.9 Å². The number of aromatic nitrogens is 3. The Balaban J connectivity index is 0.943. The average Bonchev–Trinajstić information content (AvgIpc) is 4.11. The van der Waals surface area contributed by atoms with Crippen LogP contribution in [0.5, 0.6) is 11.5 Å². The van der Waals surface area contributed by atoms with Crippen LogP contribution in [0.15, 0.2) is 188 Å². The van der Waals surface area contributed by atoms with Gasteiger partial charge in [-0.2, -0.15) is 0 Å². The fourth-order valence-corrected chi connectivity index (χ4v) is 12.4. The number of para-hydroxylation sites is 3. The van der Waals surface area contributed by atoms with E-state index < -0.39 is 0 Å². The molecule has 77 heavy (non-hydrogen) atoms. The summed E-state index contributed by atoms with van der Waals surface area (Å²) in [6, 6.07) is 67.7. The zero-order valence-corrected chi connectivity index (χ0v) is 46.8. The maximum absolute atomic E-state index is 7.07. The fraction of sp³-hybridized carbons (Fsp3) is 0.239. The van der Waals surface area contributed by atoms with Crippen LogP contribution in [-0.4, -0.2) is 20.8 Å². The van der Waals surface area contributed by atoms with Crippen LogP contribution in [0.4, 0.5) is 22.7 Å². The Morgan fingerprint density at radius 1 is 0.429 bits per heavy atom. The molecule has 0 radical (unpaired) electrons. The fourth-order valence-electron chi connectivity index (χ4n) is 12.4. The van der Waals surface area contributed by atoms with Crippen LogP contribution in [0.1, 0.15) is 105 Å². The van der Waals surface area contributed by atoms with Crippen molar-refractivity contribution in [1.29, 1.82) is 0 Å². The molecule has 14 rings (SSSR count). The minimum absolute atomic E-state index is 0.0163. The smallest absolute Gasteiger partial charge is 0.188 e. The van der Waals surface area contributed by atoms with Crippen LogP contribution in [0.3, 0.4) is 0 Å². The molecular formula is C71H70N5O+. The van der Waals surface area contributed by atoms with Crippen LogP contribution in [0.25, 0.3) is 66.2 Å². The topological polar surface area (TPSA) is 32.0 Å². The van der Waals surface area contributed by atoms with Gasteiger partial charge in [0.1, 0.15) is 28.7 Å². The average molecular weight is 1010 g/mol. The minimum Gasteiger partial charge on any atom is -0.457 e. The summed E-state index contributed by atoms with van der Waals surface area (Å²) in [7, 11) is 0. The second-order valence-electron chi connectivity index (χ2n) is 26.1. The van der Waals surface area contributed by atoms with Gasteiger partial charge in [-0.05, 0) is 116 Å². The van der Waals surface area contributed by atoms with Crippen molar-refractivity contribution in [2.75, 3.05) is 6.67 Å². The quantitative estimate of drug-likeness (QED) is 0.118. The lowest BCUT2D eigenvalue weighted by atomic mass is 9.80. The molecule has 6 nitrogen and oxygen atoms in total. The number of nitrogens with zero attached hydrogens (tertiary/aromatic N) is 5. The number of quaternary nitrogens is 2. The maximum Gasteiger partial charge on any atom is 0.188 e. The highest BCUT2D eigenvalue weighted by Gasteiger charge is 2.64. The molecule has 0 amide bonds. The van der Waals surface area contributed by atoms with Crippen molar-refractivity contribution >= 4 is 66.4 Å². The zero-order chi connectivity index (χ0) is 53.6. The molecule has 6 heteroatoms. The van der Waals surface area contributed by atoms with Gasteiger partial charge < -0.3 is 9.30 Å². The predicted molar refractivity (Wildman–Crippen MR) is 325 cm³/mol. The Kier molecular flexibility index (Phi) is 10.7. The molecule has 1 saturated heterocycles. The minimum atomic E-state index is -0.0666. The molecule has 3 aliphatic heterocycles. The Labute approximate surface area is 454 Å². The molecule has 1 fully saturated rings. The molecule has 0 saturated carbocycles. The number of rotatable bonds is 7. The normalized spacial score (nSPS) is 17.6. The summed E-state index contributed by atoms with van der Waals surface area (Å²) in [5.74, 6) is 2.44.